The molecule has 0 saturated carbocycles. The molecule has 344 valence electrons. The third-order valence-electron chi connectivity index (χ3n) is 10.1. The number of guanidine groups is 1. The largest absolute Gasteiger partial charge is 0.480 e. The lowest BCUT2D eigenvalue weighted by molar-refractivity contribution is -0.142. The smallest absolute Gasteiger partial charge is 0.326 e. The van der Waals surface area contributed by atoms with Crippen LogP contribution >= 0.6 is 11.8 Å². The fraction of sp³-hybridized carbons (Fsp3) is 0.590. The molecule has 22 nitrogen and oxygen atoms in total. The van der Waals surface area contributed by atoms with E-state index < -0.39 is 102 Å². The van der Waals surface area contributed by atoms with E-state index in [-0.39, 0.29) is 38.2 Å². The average Bonchev–Trinajstić information content (AvgIpc) is 3.90. The van der Waals surface area contributed by atoms with Gasteiger partial charge in [0.1, 0.15) is 36.3 Å². The minimum absolute atomic E-state index is 0.0169. The molecule has 6 amide bonds. The van der Waals surface area contributed by atoms with Crippen LogP contribution in [0.15, 0.2) is 35.5 Å². The number of aromatic nitrogens is 1. The number of nitrogens with zero attached hydrogens (tertiary/aromatic N) is 1. The number of para-hydroxylation sites is 1. The van der Waals surface area contributed by atoms with Gasteiger partial charge in [-0.1, -0.05) is 18.2 Å². The fourth-order valence-corrected chi connectivity index (χ4v) is 7.14. The van der Waals surface area contributed by atoms with Crippen molar-refractivity contribution in [2.45, 2.75) is 120 Å². The predicted octanol–water partition coefficient (Wildman–Crippen LogP) is -3.60. The SMILES string of the molecule is CSCC[C@H](NC(=O)[C@@H](NC(=O)[C@@H](NC(=O)[C@@H]1CCCN1)[C@@H](C)O)[C@@H](C)O)C(=O)N[C@H](C(=O)N[C@@H](CCCN=C(N)N)C(=O)N[C@@H](Cc1c[nH]c2ccccc12)C(=O)O)[C@@H](C)O. The molecule has 1 aliphatic heterocycles. The highest BCUT2D eigenvalue weighted by atomic mass is 32.2. The van der Waals surface area contributed by atoms with E-state index in [0.717, 1.165) is 17.3 Å². The summed E-state index contributed by atoms with van der Waals surface area (Å²) >= 11 is 1.32. The van der Waals surface area contributed by atoms with Crippen molar-refractivity contribution >= 4 is 70.0 Å². The second-order valence-electron chi connectivity index (χ2n) is 15.1. The number of carbonyl (C=O) groups excluding carboxylic acids is 6. The molecular weight excluding hydrogens is 831 g/mol. The van der Waals surface area contributed by atoms with Gasteiger partial charge in [-0.15, -0.1) is 0 Å². The molecule has 2 heterocycles. The third kappa shape index (κ3) is 15.4. The van der Waals surface area contributed by atoms with E-state index in [1.165, 1.54) is 32.5 Å². The zero-order valence-electron chi connectivity index (χ0n) is 35.2. The summed E-state index contributed by atoms with van der Waals surface area (Å²) < 4.78 is 0. The Morgan fingerprint density at radius 1 is 0.774 bits per heavy atom. The molecule has 0 bridgehead atoms. The van der Waals surface area contributed by atoms with Crippen LogP contribution in [0.3, 0.4) is 0 Å². The zero-order valence-corrected chi connectivity index (χ0v) is 36.0. The number of hydrogen-bond acceptors (Lipinski definition) is 13. The van der Waals surface area contributed by atoms with Crippen LogP contribution in [0.5, 0.6) is 0 Å². The number of fused-ring (bicyclic) bond motifs is 1. The van der Waals surface area contributed by atoms with Crippen LogP contribution in [-0.2, 0) is 40.0 Å². The quantitative estimate of drug-likeness (QED) is 0.0260. The molecule has 0 aliphatic carbocycles. The van der Waals surface area contributed by atoms with E-state index in [1.54, 1.807) is 24.6 Å². The van der Waals surface area contributed by atoms with Crippen LogP contribution in [0.25, 0.3) is 10.9 Å². The summed E-state index contributed by atoms with van der Waals surface area (Å²) in [5, 5.41) is 60.0. The Morgan fingerprint density at radius 3 is 1.85 bits per heavy atom. The first-order valence-electron chi connectivity index (χ1n) is 20.3. The van der Waals surface area contributed by atoms with E-state index in [0.29, 0.717) is 24.3 Å². The summed E-state index contributed by atoms with van der Waals surface area (Å²) in [4.78, 5) is 100. The van der Waals surface area contributed by atoms with Crippen molar-refractivity contribution in [3.63, 3.8) is 0 Å². The summed E-state index contributed by atoms with van der Waals surface area (Å²) in [6.07, 6.45) is 0.0780. The van der Waals surface area contributed by atoms with Crippen molar-refractivity contribution in [2.75, 3.05) is 25.1 Å². The van der Waals surface area contributed by atoms with Crippen molar-refractivity contribution in [1.29, 1.82) is 0 Å². The number of benzene rings is 1. The van der Waals surface area contributed by atoms with Crippen LogP contribution in [-0.4, -0.2) is 158 Å². The van der Waals surface area contributed by atoms with E-state index in [2.05, 4.69) is 47.2 Å². The van der Waals surface area contributed by atoms with Gasteiger partial charge in [-0.25, -0.2) is 4.79 Å². The summed E-state index contributed by atoms with van der Waals surface area (Å²) in [6, 6.07) is -2.45. The maximum Gasteiger partial charge on any atom is 0.326 e. The number of carbonyl (C=O) groups is 7. The molecule has 10 atom stereocenters. The fourth-order valence-electron chi connectivity index (χ4n) is 6.67. The molecule has 1 aromatic carbocycles. The molecule has 0 radical (unpaired) electrons. The number of hydrogen-bond donors (Lipinski definition) is 14. The lowest BCUT2D eigenvalue weighted by Crippen LogP contribution is -2.63. The molecule has 1 aromatic heterocycles. The third-order valence-corrected chi connectivity index (χ3v) is 10.7. The van der Waals surface area contributed by atoms with Crippen LogP contribution in [0.2, 0.25) is 0 Å². The number of aliphatic hydroxyl groups excluding tert-OH is 3. The van der Waals surface area contributed by atoms with Crippen molar-refractivity contribution < 1.29 is 54.0 Å². The van der Waals surface area contributed by atoms with E-state index in [1.807, 2.05) is 12.1 Å². The monoisotopic (exact) mass is 891 g/mol. The van der Waals surface area contributed by atoms with Gasteiger partial charge in [-0.05, 0) is 83.1 Å². The number of nitrogens with one attached hydrogen (secondary N) is 8. The summed E-state index contributed by atoms with van der Waals surface area (Å²) in [5.74, 6) is -6.63. The maximum absolute atomic E-state index is 13.8. The molecule has 0 spiro atoms. The van der Waals surface area contributed by atoms with Crippen LogP contribution in [0, 0.1) is 0 Å². The Morgan fingerprint density at radius 2 is 1.31 bits per heavy atom. The van der Waals surface area contributed by atoms with E-state index in [4.69, 9.17) is 11.5 Å². The number of aliphatic hydroxyl groups is 3. The van der Waals surface area contributed by atoms with E-state index >= 15 is 0 Å². The van der Waals surface area contributed by atoms with Crippen LogP contribution in [0.4, 0.5) is 0 Å². The summed E-state index contributed by atoms with van der Waals surface area (Å²) in [6.45, 7) is 4.33. The lowest BCUT2D eigenvalue weighted by Gasteiger charge is -2.29. The Balaban J connectivity index is 1.77. The minimum Gasteiger partial charge on any atom is -0.480 e. The Bertz CT molecular complexity index is 1880. The van der Waals surface area contributed by atoms with Gasteiger partial charge in [0.05, 0.1) is 24.4 Å². The molecule has 16 N–H and O–H groups in total. The highest BCUT2D eigenvalue weighted by molar-refractivity contribution is 7.98. The normalized spacial score (nSPS) is 18.0. The van der Waals surface area contributed by atoms with Crippen LogP contribution in [0.1, 0.15) is 58.4 Å². The zero-order chi connectivity index (χ0) is 46.1. The number of carboxylic acid groups (broad SMARTS) is 1. The molecule has 1 saturated heterocycles. The molecule has 62 heavy (non-hydrogen) atoms. The lowest BCUT2D eigenvalue weighted by atomic mass is 10.0. The van der Waals surface area contributed by atoms with Gasteiger partial charge >= 0.3 is 5.97 Å². The van der Waals surface area contributed by atoms with Crippen LogP contribution < -0.4 is 48.7 Å². The Labute approximate surface area is 362 Å². The van der Waals surface area contributed by atoms with Gasteiger partial charge in [0.15, 0.2) is 5.96 Å². The van der Waals surface area contributed by atoms with Gasteiger partial charge < -0.3 is 74.1 Å². The molecule has 3 rings (SSSR count). The second kappa shape index (κ2) is 24.8. The first kappa shape index (κ1) is 50.9. The highest BCUT2D eigenvalue weighted by Gasteiger charge is 2.37. The Hall–Kier alpha value is -5.49. The van der Waals surface area contributed by atoms with Crippen molar-refractivity contribution in [1.82, 2.24) is 42.2 Å². The van der Waals surface area contributed by atoms with Gasteiger partial charge in [0.2, 0.25) is 35.4 Å². The van der Waals surface area contributed by atoms with Crippen molar-refractivity contribution in [3.8, 4) is 0 Å². The van der Waals surface area contributed by atoms with Gasteiger partial charge in [0.25, 0.3) is 0 Å². The Kier molecular flexibility index (Phi) is 20.4. The second-order valence-corrected chi connectivity index (χ2v) is 16.1. The average molecular weight is 892 g/mol. The number of thioether (sulfide) groups is 1. The minimum atomic E-state index is -1.71. The van der Waals surface area contributed by atoms with E-state index in [9.17, 15) is 54.0 Å². The van der Waals surface area contributed by atoms with Gasteiger partial charge in [-0.3, -0.25) is 33.8 Å². The standard InChI is InChI=1S/C39H61N11O11S/c1-19(51)29(35(57)45-26(12-8-15-43-39(40)41)33(55)47-28(38(60)61)17-22-18-44-24-10-6-5-9-23(22)24)49-34(56)27(13-16-62-4)46-36(58)30(20(2)52)50-37(59)31(21(3)53)48-32(54)25-11-7-14-42-25/h5-6,9-10,18-21,25-31,42,44,51-53H,7-8,11-17H2,1-4H3,(H,45,57)(H,46,58)(H,47,55)(H,48,54)(H,49,56)(H,50,59)(H,60,61)(H4,40,41,43)/t19-,20-,21-,25+,26+,27+,28+,29+,30+,31+/m1/s1. The number of amides is 6. The van der Waals surface area contributed by atoms with Gasteiger partial charge in [-0.2, -0.15) is 11.8 Å². The number of aliphatic imine (C=N–C) groups is 1. The molecule has 2 aromatic rings. The summed E-state index contributed by atoms with van der Waals surface area (Å²) in [7, 11) is 0. The predicted molar refractivity (Wildman–Crippen MR) is 230 cm³/mol. The number of H-pyrrole nitrogens is 1. The van der Waals surface area contributed by atoms with Gasteiger partial charge in [0, 0.05) is 30.1 Å². The molecule has 1 fully saturated rings. The van der Waals surface area contributed by atoms with Crippen molar-refractivity contribution in [2.24, 2.45) is 16.5 Å². The number of nitrogens with two attached hydrogens (primary N) is 2. The first-order chi connectivity index (χ1) is 29.3. The first-order valence-corrected chi connectivity index (χ1v) is 21.7. The molecule has 1 aliphatic rings. The number of carboxylic acids is 1. The molecule has 23 heteroatoms. The highest BCUT2D eigenvalue weighted by Crippen LogP contribution is 2.19. The molecule has 0 unspecified atom stereocenters. The van der Waals surface area contributed by atoms with Crippen molar-refractivity contribution in [3.05, 3.63) is 36.0 Å². The maximum atomic E-state index is 13.8. The molecular formula is C39H61N11O11S. The number of aliphatic carboxylic acids is 1. The summed E-state index contributed by atoms with van der Waals surface area (Å²) in [5.41, 5.74) is 12.2. The topological polar surface area (TPSA) is 365 Å². The number of rotatable bonds is 25. The number of aromatic amines is 1.